The number of hydrogen-bond acceptors (Lipinski definition) is 5. The van der Waals surface area contributed by atoms with Gasteiger partial charge >= 0.3 is 10.1 Å². The van der Waals surface area contributed by atoms with E-state index >= 15 is 0 Å². The molecule has 6 nitrogen and oxygen atoms in total. The first-order valence-corrected chi connectivity index (χ1v) is 7.95. The van der Waals surface area contributed by atoms with E-state index in [-0.39, 0.29) is 15.7 Å². The molecule has 2 rings (SSSR count). The summed E-state index contributed by atoms with van der Waals surface area (Å²) in [7, 11) is -4.18. The molecular formula is C14H12ClNO5S. The normalized spacial score (nSPS) is 11.2. The zero-order valence-electron chi connectivity index (χ0n) is 11.7. The summed E-state index contributed by atoms with van der Waals surface area (Å²) >= 11 is 5.67. The van der Waals surface area contributed by atoms with Crippen molar-refractivity contribution in [1.82, 2.24) is 0 Å². The highest BCUT2D eigenvalue weighted by molar-refractivity contribution is 7.87. The molecule has 8 heteroatoms. The number of nitro benzene ring substituents is 1. The van der Waals surface area contributed by atoms with E-state index in [4.69, 9.17) is 15.8 Å². The molecule has 0 aliphatic heterocycles. The van der Waals surface area contributed by atoms with Gasteiger partial charge in [-0.05, 0) is 37.6 Å². The monoisotopic (exact) mass is 341 g/mol. The van der Waals surface area contributed by atoms with Crippen LogP contribution >= 0.6 is 11.6 Å². The molecule has 2 aromatic carbocycles. The van der Waals surface area contributed by atoms with E-state index in [0.29, 0.717) is 5.56 Å². The van der Waals surface area contributed by atoms with Gasteiger partial charge in [-0.3, -0.25) is 10.1 Å². The maximum absolute atomic E-state index is 12.2. The second kappa shape index (κ2) is 5.94. The average Bonchev–Trinajstić information content (AvgIpc) is 2.42. The number of benzene rings is 2. The zero-order valence-corrected chi connectivity index (χ0v) is 13.3. The summed E-state index contributed by atoms with van der Waals surface area (Å²) in [6.45, 7) is 3.58. The summed E-state index contributed by atoms with van der Waals surface area (Å²) in [6.07, 6.45) is 0. The number of nitro groups is 1. The standard InChI is InChI=1S/C14H12ClNO5S/c1-9-3-6-14(10(2)7-9)21-22(19,20)11-4-5-12(15)13(8-11)16(17)18/h3-8H,1-2H3. The minimum atomic E-state index is -4.18. The van der Waals surface area contributed by atoms with Crippen LogP contribution in [0, 0.1) is 24.0 Å². The molecule has 0 N–H and O–H groups in total. The van der Waals surface area contributed by atoms with E-state index in [2.05, 4.69) is 0 Å². The van der Waals surface area contributed by atoms with Crippen molar-refractivity contribution in [2.24, 2.45) is 0 Å². The average molecular weight is 342 g/mol. The molecule has 0 bridgehead atoms. The van der Waals surface area contributed by atoms with E-state index < -0.39 is 20.7 Å². The van der Waals surface area contributed by atoms with Crippen LogP contribution in [-0.4, -0.2) is 13.3 Å². The van der Waals surface area contributed by atoms with Gasteiger partial charge in [0.25, 0.3) is 5.69 Å². The Bertz CT molecular complexity index is 848. The van der Waals surface area contributed by atoms with Gasteiger partial charge < -0.3 is 4.18 Å². The topological polar surface area (TPSA) is 86.5 Å². The molecule has 0 amide bonds. The highest BCUT2D eigenvalue weighted by Gasteiger charge is 2.23. The van der Waals surface area contributed by atoms with Crippen molar-refractivity contribution in [2.45, 2.75) is 18.7 Å². The molecular weight excluding hydrogens is 330 g/mol. The Balaban J connectivity index is 2.42. The SMILES string of the molecule is Cc1ccc(OS(=O)(=O)c2ccc(Cl)c([N+](=O)[O-])c2)c(C)c1. The van der Waals surface area contributed by atoms with Gasteiger partial charge in [0.2, 0.25) is 0 Å². The van der Waals surface area contributed by atoms with E-state index in [1.54, 1.807) is 19.1 Å². The van der Waals surface area contributed by atoms with Crippen LogP contribution in [0.25, 0.3) is 0 Å². The van der Waals surface area contributed by atoms with Gasteiger partial charge in [-0.2, -0.15) is 8.42 Å². The molecule has 0 saturated heterocycles. The zero-order chi connectivity index (χ0) is 16.5. The third-order valence-electron chi connectivity index (χ3n) is 2.93. The van der Waals surface area contributed by atoms with Gasteiger partial charge in [0, 0.05) is 6.07 Å². The van der Waals surface area contributed by atoms with Crippen molar-refractivity contribution < 1.29 is 17.5 Å². The molecule has 22 heavy (non-hydrogen) atoms. The largest absolute Gasteiger partial charge is 0.379 e. The minimum absolute atomic E-state index is 0.143. The highest BCUT2D eigenvalue weighted by atomic mass is 35.5. The lowest BCUT2D eigenvalue weighted by atomic mass is 10.1. The fraction of sp³-hybridized carbons (Fsp3) is 0.143. The number of hydrogen-bond donors (Lipinski definition) is 0. The molecule has 0 atom stereocenters. The maximum atomic E-state index is 12.2. The van der Waals surface area contributed by atoms with E-state index in [0.717, 1.165) is 23.8 Å². The van der Waals surface area contributed by atoms with Gasteiger partial charge in [0.1, 0.15) is 15.7 Å². The van der Waals surface area contributed by atoms with Crippen molar-refractivity contribution in [3.63, 3.8) is 0 Å². The van der Waals surface area contributed by atoms with Crippen molar-refractivity contribution >= 4 is 27.4 Å². The van der Waals surface area contributed by atoms with Crippen LogP contribution in [0.3, 0.4) is 0 Å². The molecule has 0 unspecified atom stereocenters. The summed E-state index contributed by atoms with van der Waals surface area (Å²) in [5.41, 5.74) is 1.11. The lowest BCUT2D eigenvalue weighted by Gasteiger charge is -2.10. The Morgan fingerprint density at radius 2 is 1.82 bits per heavy atom. The van der Waals surface area contributed by atoms with Crippen LogP contribution < -0.4 is 4.18 Å². The van der Waals surface area contributed by atoms with Crippen molar-refractivity contribution in [2.75, 3.05) is 0 Å². The smallest absolute Gasteiger partial charge is 0.339 e. The second-order valence-electron chi connectivity index (χ2n) is 4.68. The van der Waals surface area contributed by atoms with Crippen molar-refractivity contribution in [3.8, 4) is 5.75 Å². The van der Waals surface area contributed by atoms with E-state index in [1.807, 2.05) is 6.92 Å². The third-order valence-corrected chi connectivity index (χ3v) is 4.48. The van der Waals surface area contributed by atoms with Gasteiger partial charge in [-0.25, -0.2) is 0 Å². The van der Waals surface area contributed by atoms with Gasteiger partial charge in [0.05, 0.1) is 4.92 Å². The Morgan fingerprint density at radius 1 is 1.14 bits per heavy atom. The Hall–Kier alpha value is -2.12. The van der Waals surface area contributed by atoms with Crippen molar-refractivity contribution in [1.29, 1.82) is 0 Å². The van der Waals surface area contributed by atoms with Crippen LogP contribution in [0.2, 0.25) is 5.02 Å². The summed E-state index contributed by atoms with van der Waals surface area (Å²) in [5.74, 6) is 0.170. The molecule has 0 aromatic heterocycles. The Kier molecular flexibility index (Phi) is 4.39. The van der Waals surface area contributed by atoms with Crippen LogP contribution in [0.5, 0.6) is 5.75 Å². The predicted octanol–water partition coefficient (Wildman–Crippen LogP) is 3.63. The van der Waals surface area contributed by atoms with Crippen LogP contribution in [0.15, 0.2) is 41.3 Å². The molecule has 0 heterocycles. The predicted molar refractivity (Wildman–Crippen MR) is 81.8 cm³/mol. The lowest BCUT2D eigenvalue weighted by molar-refractivity contribution is -0.384. The first-order chi connectivity index (χ1) is 10.2. The molecule has 2 aromatic rings. The first-order valence-electron chi connectivity index (χ1n) is 6.16. The quantitative estimate of drug-likeness (QED) is 0.481. The van der Waals surface area contributed by atoms with Gasteiger partial charge in [-0.1, -0.05) is 29.3 Å². The molecule has 0 radical (unpaired) electrons. The molecule has 0 fully saturated rings. The number of rotatable bonds is 4. The number of halogens is 1. The molecule has 0 saturated carbocycles. The molecule has 116 valence electrons. The van der Waals surface area contributed by atoms with E-state index in [1.165, 1.54) is 6.07 Å². The van der Waals surface area contributed by atoms with Gasteiger partial charge in [-0.15, -0.1) is 0 Å². The summed E-state index contributed by atoms with van der Waals surface area (Å²) in [4.78, 5) is 9.75. The number of nitrogens with zero attached hydrogens (tertiary/aromatic N) is 1. The van der Waals surface area contributed by atoms with Crippen LogP contribution in [-0.2, 0) is 10.1 Å². The summed E-state index contributed by atoms with van der Waals surface area (Å²) in [6, 6.07) is 8.21. The van der Waals surface area contributed by atoms with Crippen LogP contribution in [0.1, 0.15) is 11.1 Å². The summed E-state index contributed by atoms with van der Waals surface area (Å²) in [5, 5.41) is 10.7. The van der Waals surface area contributed by atoms with Gasteiger partial charge in [0.15, 0.2) is 0 Å². The lowest BCUT2D eigenvalue weighted by Crippen LogP contribution is -2.11. The fourth-order valence-electron chi connectivity index (χ4n) is 1.85. The molecule has 0 aliphatic carbocycles. The van der Waals surface area contributed by atoms with Crippen molar-refractivity contribution in [3.05, 3.63) is 62.7 Å². The maximum Gasteiger partial charge on any atom is 0.339 e. The second-order valence-corrected chi connectivity index (χ2v) is 6.63. The first kappa shape index (κ1) is 16.3. The fourth-order valence-corrected chi connectivity index (χ4v) is 3.04. The minimum Gasteiger partial charge on any atom is -0.379 e. The molecule has 0 aliphatic rings. The van der Waals surface area contributed by atoms with Crippen LogP contribution in [0.4, 0.5) is 5.69 Å². The highest BCUT2D eigenvalue weighted by Crippen LogP contribution is 2.29. The summed E-state index contributed by atoms with van der Waals surface area (Å²) < 4.78 is 29.5. The molecule has 0 spiro atoms. The van der Waals surface area contributed by atoms with E-state index in [9.17, 15) is 18.5 Å². The Labute approximate surface area is 132 Å². The third kappa shape index (κ3) is 3.37. The Morgan fingerprint density at radius 3 is 2.41 bits per heavy atom. The number of aryl methyl sites for hydroxylation is 2.